The third kappa shape index (κ3) is 5.26. The van der Waals surface area contributed by atoms with Gasteiger partial charge in [0.05, 0.1) is 29.1 Å². The van der Waals surface area contributed by atoms with Gasteiger partial charge in [0.15, 0.2) is 0 Å². The van der Waals surface area contributed by atoms with Crippen molar-refractivity contribution in [3.63, 3.8) is 0 Å². The third-order valence-corrected chi connectivity index (χ3v) is 6.62. The number of hydrogen-bond acceptors (Lipinski definition) is 4. The molecule has 1 unspecified atom stereocenters. The van der Waals surface area contributed by atoms with Crippen molar-refractivity contribution in [2.45, 2.75) is 66.0 Å². The summed E-state index contributed by atoms with van der Waals surface area (Å²) >= 11 is 0. The van der Waals surface area contributed by atoms with E-state index < -0.39 is 0 Å². The highest BCUT2D eigenvalue weighted by Crippen LogP contribution is 2.24. The Labute approximate surface area is 195 Å². The van der Waals surface area contributed by atoms with Crippen LogP contribution in [0.15, 0.2) is 30.6 Å². The number of aryl methyl sites for hydroxylation is 3. The Morgan fingerprint density at radius 2 is 1.94 bits per heavy atom. The average Bonchev–Trinajstić information content (AvgIpc) is 3.35. The normalized spacial score (nSPS) is 15.7. The van der Waals surface area contributed by atoms with Crippen molar-refractivity contribution in [3.8, 4) is 0 Å². The van der Waals surface area contributed by atoms with Gasteiger partial charge in [-0.3, -0.25) is 14.3 Å². The summed E-state index contributed by atoms with van der Waals surface area (Å²) in [4.78, 5) is 31.8. The molecule has 0 bridgehead atoms. The number of anilines is 1. The monoisotopic (exact) mass is 450 g/mol. The summed E-state index contributed by atoms with van der Waals surface area (Å²) in [6, 6.07) is 7.92. The molecular formula is C25H34N6O2. The molecule has 1 aliphatic rings. The molecule has 0 spiro atoms. The molecule has 0 saturated carbocycles. The summed E-state index contributed by atoms with van der Waals surface area (Å²) in [6.45, 7) is 10.4. The zero-order valence-electron chi connectivity index (χ0n) is 20.0. The lowest BCUT2D eigenvalue weighted by molar-refractivity contribution is -0.133. The highest BCUT2D eigenvalue weighted by Gasteiger charge is 2.26. The van der Waals surface area contributed by atoms with Gasteiger partial charge in [-0.15, -0.1) is 0 Å². The smallest absolute Gasteiger partial charge is 0.224 e. The number of rotatable bonds is 7. The third-order valence-electron chi connectivity index (χ3n) is 6.62. The number of nitrogens with zero attached hydrogens (tertiary/aromatic N) is 5. The Morgan fingerprint density at radius 1 is 1.18 bits per heavy atom. The molecule has 1 fully saturated rings. The molecule has 176 valence electrons. The Morgan fingerprint density at radius 3 is 2.61 bits per heavy atom. The van der Waals surface area contributed by atoms with E-state index in [0.29, 0.717) is 31.8 Å². The topological polar surface area (TPSA) is 85.0 Å². The van der Waals surface area contributed by atoms with E-state index in [0.717, 1.165) is 47.5 Å². The summed E-state index contributed by atoms with van der Waals surface area (Å²) in [5.41, 5.74) is 4.78. The van der Waals surface area contributed by atoms with Gasteiger partial charge in [0, 0.05) is 43.9 Å². The van der Waals surface area contributed by atoms with E-state index in [1.165, 1.54) is 0 Å². The van der Waals surface area contributed by atoms with E-state index in [2.05, 4.69) is 26.9 Å². The SMILES string of the molecule is CCn1cnc2cc(NC(=O)CC3CCN(C(=O)CC(C)n4nc(C)cc4C)CC3)ccc21. The second kappa shape index (κ2) is 9.77. The van der Waals surface area contributed by atoms with Crippen molar-refractivity contribution in [2.24, 2.45) is 5.92 Å². The van der Waals surface area contributed by atoms with Crippen LogP contribution < -0.4 is 5.32 Å². The second-order valence-electron chi connectivity index (χ2n) is 9.24. The minimum Gasteiger partial charge on any atom is -0.343 e. The van der Waals surface area contributed by atoms with Gasteiger partial charge in [0.2, 0.25) is 11.8 Å². The van der Waals surface area contributed by atoms with Gasteiger partial charge in [0.1, 0.15) is 0 Å². The molecule has 3 aromatic rings. The van der Waals surface area contributed by atoms with Gasteiger partial charge >= 0.3 is 0 Å². The van der Waals surface area contributed by atoms with Crippen LogP contribution in [-0.4, -0.2) is 49.1 Å². The fourth-order valence-corrected chi connectivity index (χ4v) is 4.81. The van der Waals surface area contributed by atoms with E-state index in [4.69, 9.17) is 0 Å². The first-order chi connectivity index (χ1) is 15.8. The molecule has 8 heteroatoms. The van der Waals surface area contributed by atoms with Gasteiger partial charge in [-0.1, -0.05) is 0 Å². The maximum absolute atomic E-state index is 12.8. The zero-order chi connectivity index (χ0) is 23.5. The number of likely N-dealkylation sites (tertiary alicyclic amines) is 1. The van der Waals surface area contributed by atoms with Crippen molar-refractivity contribution < 1.29 is 9.59 Å². The average molecular weight is 451 g/mol. The number of hydrogen-bond donors (Lipinski definition) is 1. The minimum absolute atomic E-state index is 0.0206. The molecule has 1 aromatic carbocycles. The van der Waals surface area contributed by atoms with Gasteiger partial charge in [-0.2, -0.15) is 5.10 Å². The van der Waals surface area contributed by atoms with Crippen LogP contribution in [0.1, 0.15) is 57.0 Å². The lowest BCUT2D eigenvalue weighted by atomic mass is 9.93. The zero-order valence-corrected chi connectivity index (χ0v) is 20.0. The second-order valence-corrected chi connectivity index (χ2v) is 9.24. The van der Waals surface area contributed by atoms with Crippen LogP contribution in [-0.2, 0) is 16.1 Å². The summed E-state index contributed by atoms with van der Waals surface area (Å²) in [6.07, 6.45) is 4.46. The van der Waals surface area contributed by atoms with Crippen LogP contribution in [0, 0.1) is 19.8 Å². The van der Waals surface area contributed by atoms with Crippen LogP contribution in [0.5, 0.6) is 0 Å². The van der Waals surface area contributed by atoms with Crippen molar-refractivity contribution >= 4 is 28.5 Å². The lowest BCUT2D eigenvalue weighted by Gasteiger charge is -2.32. The quantitative estimate of drug-likeness (QED) is 0.588. The first-order valence-corrected chi connectivity index (χ1v) is 11.9. The van der Waals surface area contributed by atoms with E-state index in [9.17, 15) is 9.59 Å². The highest BCUT2D eigenvalue weighted by molar-refractivity contribution is 5.93. The predicted octanol–water partition coefficient (Wildman–Crippen LogP) is 4.09. The molecule has 3 heterocycles. The maximum Gasteiger partial charge on any atom is 0.224 e. The predicted molar refractivity (Wildman–Crippen MR) is 129 cm³/mol. The largest absolute Gasteiger partial charge is 0.343 e. The van der Waals surface area contributed by atoms with E-state index in [1.54, 1.807) is 0 Å². The fraction of sp³-hybridized carbons (Fsp3) is 0.520. The number of aromatic nitrogens is 4. The molecule has 1 saturated heterocycles. The van der Waals surface area contributed by atoms with Crippen LogP contribution >= 0.6 is 0 Å². The lowest BCUT2D eigenvalue weighted by Crippen LogP contribution is -2.40. The molecule has 1 aliphatic heterocycles. The van der Waals surface area contributed by atoms with Crippen molar-refractivity contribution in [3.05, 3.63) is 42.0 Å². The van der Waals surface area contributed by atoms with Crippen LogP contribution in [0.4, 0.5) is 5.69 Å². The minimum atomic E-state index is 0.0206. The molecule has 0 radical (unpaired) electrons. The number of amides is 2. The number of benzene rings is 1. The number of fused-ring (bicyclic) bond motifs is 1. The molecule has 33 heavy (non-hydrogen) atoms. The van der Waals surface area contributed by atoms with Crippen molar-refractivity contribution in [1.82, 2.24) is 24.2 Å². The molecule has 4 rings (SSSR count). The van der Waals surface area contributed by atoms with Crippen LogP contribution in [0.2, 0.25) is 0 Å². The summed E-state index contributed by atoms with van der Waals surface area (Å²) in [5, 5.41) is 7.52. The Balaban J connectivity index is 1.24. The van der Waals surface area contributed by atoms with E-state index in [1.807, 2.05) is 60.9 Å². The Hall–Kier alpha value is -3.16. The van der Waals surface area contributed by atoms with Crippen molar-refractivity contribution in [2.75, 3.05) is 18.4 Å². The summed E-state index contributed by atoms with van der Waals surface area (Å²) < 4.78 is 4.02. The molecule has 1 atom stereocenters. The molecule has 2 amide bonds. The molecular weight excluding hydrogens is 416 g/mol. The van der Waals surface area contributed by atoms with Gasteiger partial charge in [-0.25, -0.2) is 4.98 Å². The summed E-state index contributed by atoms with van der Waals surface area (Å²) in [5.74, 6) is 0.482. The Bertz CT molecular complexity index is 1140. The van der Waals surface area contributed by atoms with Gasteiger partial charge in [-0.05, 0) is 70.7 Å². The number of piperidine rings is 1. The van der Waals surface area contributed by atoms with E-state index >= 15 is 0 Å². The molecule has 2 aromatic heterocycles. The van der Waals surface area contributed by atoms with Gasteiger partial charge in [0.25, 0.3) is 0 Å². The van der Waals surface area contributed by atoms with Gasteiger partial charge < -0.3 is 14.8 Å². The summed E-state index contributed by atoms with van der Waals surface area (Å²) in [7, 11) is 0. The van der Waals surface area contributed by atoms with Crippen molar-refractivity contribution in [1.29, 1.82) is 0 Å². The molecule has 8 nitrogen and oxygen atoms in total. The fourth-order valence-electron chi connectivity index (χ4n) is 4.81. The first-order valence-electron chi connectivity index (χ1n) is 11.9. The highest BCUT2D eigenvalue weighted by atomic mass is 16.2. The molecule has 0 aliphatic carbocycles. The van der Waals surface area contributed by atoms with Crippen LogP contribution in [0.25, 0.3) is 11.0 Å². The Kier molecular flexibility index (Phi) is 6.81. The standard InChI is InChI=1S/C25H34N6O2/c1-5-29-16-26-22-15-21(6-7-23(22)29)27-24(32)14-20-8-10-30(11-9-20)25(33)13-19(4)31-18(3)12-17(2)28-31/h6-7,12,15-16,19-20H,5,8-11,13-14H2,1-4H3,(H,27,32). The first kappa shape index (κ1) is 23.0. The van der Waals surface area contributed by atoms with E-state index in [-0.39, 0.29) is 17.9 Å². The maximum atomic E-state index is 12.8. The molecule has 1 N–H and O–H groups in total. The number of nitrogens with one attached hydrogen (secondary N) is 1. The number of imidazole rings is 1. The van der Waals surface area contributed by atoms with Crippen LogP contribution in [0.3, 0.4) is 0 Å². The number of carbonyl (C=O) groups excluding carboxylic acids is 2. The number of carbonyl (C=O) groups is 2.